The number of pyridine rings is 1. The summed E-state index contributed by atoms with van der Waals surface area (Å²) in [6.45, 7) is 2.33. The van der Waals surface area contributed by atoms with E-state index < -0.39 is 0 Å². The van der Waals surface area contributed by atoms with E-state index in [9.17, 15) is 9.18 Å². The topological polar surface area (TPSA) is 63.1 Å². The lowest BCUT2D eigenvalue weighted by Crippen LogP contribution is -2.32. The molecule has 5 rings (SSSR count). The van der Waals surface area contributed by atoms with Crippen molar-refractivity contribution in [2.75, 3.05) is 18.4 Å². The smallest absolute Gasteiger partial charge is 0.291 e. The van der Waals surface area contributed by atoms with E-state index in [0.717, 1.165) is 42.9 Å². The average molecular weight is 559 g/mol. The van der Waals surface area contributed by atoms with Gasteiger partial charge in [-0.2, -0.15) is 0 Å². The molecule has 4 aromatic rings. The standard InChI is InChI=1S/C27H23Cl3FN5O/c1-35-22-11-14-36(13-10-16-5-7-17(31)8-6-16)15-21(22)33-26(35)27(37)34-20-4-2-3-18(23(20)28)19-9-12-32-25(30)24(19)29/h2-9,12H,10-11,13-15H2,1H3,(H,34,37). The Morgan fingerprint density at radius 1 is 1.05 bits per heavy atom. The fraction of sp³-hybridized carbons (Fsp3) is 0.222. The van der Waals surface area contributed by atoms with E-state index in [1.54, 1.807) is 30.5 Å². The van der Waals surface area contributed by atoms with Gasteiger partial charge in [-0.15, -0.1) is 0 Å². The first-order chi connectivity index (χ1) is 17.8. The van der Waals surface area contributed by atoms with Crippen molar-refractivity contribution in [2.45, 2.75) is 19.4 Å². The van der Waals surface area contributed by atoms with Crippen LogP contribution in [0.2, 0.25) is 15.2 Å². The number of carbonyl (C=O) groups is 1. The molecule has 6 nitrogen and oxygen atoms in total. The van der Waals surface area contributed by atoms with Crippen LogP contribution in [0.5, 0.6) is 0 Å². The van der Waals surface area contributed by atoms with Crippen LogP contribution in [0.3, 0.4) is 0 Å². The number of carbonyl (C=O) groups excluding carboxylic acids is 1. The number of halogens is 4. The Hall–Kier alpha value is -2.97. The number of hydrogen-bond donors (Lipinski definition) is 1. The lowest BCUT2D eigenvalue weighted by Gasteiger charge is -2.26. The summed E-state index contributed by atoms with van der Waals surface area (Å²) in [5, 5.41) is 3.70. The van der Waals surface area contributed by atoms with E-state index in [1.807, 2.05) is 23.7 Å². The molecule has 0 atom stereocenters. The maximum atomic E-state index is 13.2. The number of hydrogen-bond acceptors (Lipinski definition) is 4. The Morgan fingerprint density at radius 2 is 1.81 bits per heavy atom. The highest BCUT2D eigenvalue weighted by Crippen LogP contribution is 2.39. The van der Waals surface area contributed by atoms with Crippen LogP contribution in [-0.2, 0) is 26.4 Å². The van der Waals surface area contributed by atoms with Gasteiger partial charge in [0.05, 0.1) is 21.4 Å². The summed E-state index contributed by atoms with van der Waals surface area (Å²) in [7, 11) is 1.85. The van der Waals surface area contributed by atoms with E-state index in [-0.39, 0.29) is 21.9 Å². The molecule has 0 fully saturated rings. The third kappa shape index (κ3) is 5.36. The number of anilines is 1. The molecule has 0 saturated heterocycles. The van der Waals surface area contributed by atoms with Crippen LogP contribution < -0.4 is 5.32 Å². The number of rotatable bonds is 6. The van der Waals surface area contributed by atoms with Gasteiger partial charge >= 0.3 is 0 Å². The molecule has 0 unspecified atom stereocenters. The second-order valence-electron chi connectivity index (χ2n) is 8.87. The van der Waals surface area contributed by atoms with Crippen molar-refractivity contribution < 1.29 is 9.18 Å². The van der Waals surface area contributed by atoms with Crippen molar-refractivity contribution in [3.05, 3.63) is 98.5 Å². The van der Waals surface area contributed by atoms with E-state index in [1.165, 1.54) is 12.1 Å². The summed E-state index contributed by atoms with van der Waals surface area (Å²) in [5.41, 5.74) is 4.70. The molecule has 190 valence electrons. The molecule has 1 aliphatic heterocycles. The minimum atomic E-state index is -0.354. The molecule has 3 heterocycles. The molecule has 2 aromatic carbocycles. The second kappa shape index (κ2) is 10.8. The van der Waals surface area contributed by atoms with Crippen LogP contribution in [0.4, 0.5) is 10.1 Å². The van der Waals surface area contributed by atoms with Crippen LogP contribution in [-0.4, -0.2) is 38.4 Å². The molecule has 0 saturated carbocycles. The third-order valence-electron chi connectivity index (χ3n) is 6.55. The van der Waals surface area contributed by atoms with E-state index in [2.05, 4.69) is 20.2 Å². The summed E-state index contributed by atoms with van der Waals surface area (Å²) >= 11 is 19.1. The summed E-state index contributed by atoms with van der Waals surface area (Å²) < 4.78 is 15.0. The lowest BCUT2D eigenvalue weighted by atomic mass is 10.1. The number of fused-ring (bicyclic) bond motifs is 1. The molecule has 1 amide bonds. The molecule has 1 aliphatic rings. The van der Waals surface area contributed by atoms with Crippen molar-refractivity contribution >= 4 is 46.4 Å². The van der Waals surface area contributed by atoms with E-state index in [0.29, 0.717) is 34.2 Å². The molecular weight excluding hydrogens is 536 g/mol. The first-order valence-corrected chi connectivity index (χ1v) is 12.9. The normalized spacial score (nSPS) is 13.4. The zero-order chi connectivity index (χ0) is 26.1. The maximum Gasteiger partial charge on any atom is 0.291 e. The van der Waals surface area contributed by atoms with Crippen LogP contribution in [0.15, 0.2) is 54.7 Å². The first-order valence-electron chi connectivity index (χ1n) is 11.7. The monoisotopic (exact) mass is 557 g/mol. The van der Waals surface area contributed by atoms with Crippen molar-refractivity contribution in [2.24, 2.45) is 7.05 Å². The number of nitrogens with one attached hydrogen (secondary N) is 1. The Kier molecular flexibility index (Phi) is 7.49. The Morgan fingerprint density at radius 3 is 2.59 bits per heavy atom. The van der Waals surface area contributed by atoms with Gasteiger partial charge in [0.15, 0.2) is 5.82 Å². The molecule has 10 heteroatoms. The molecule has 0 radical (unpaired) electrons. The van der Waals surface area contributed by atoms with Crippen LogP contribution >= 0.6 is 34.8 Å². The van der Waals surface area contributed by atoms with Crippen molar-refractivity contribution in [1.82, 2.24) is 19.4 Å². The Balaban J connectivity index is 1.31. The summed E-state index contributed by atoms with van der Waals surface area (Å²) in [4.78, 5) is 24.2. The van der Waals surface area contributed by atoms with Gasteiger partial charge in [-0.25, -0.2) is 14.4 Å². The van der Waals surface area contributed by atoms with Crippen molar-refractivity contribution in [1.29, 1.82) is 0 Å². The summed E-state index contributed by atoms with van der Waals surface area (Å²) in [6.07, 6.45) is 3.15. The number of nitrogens with zero attached hydrogens (tertiary/aromatic N) is 4. The van der Waals surface area contributed by atoms with Gasteiger partial charge in [0.1, 0.15) is 11.0 Å². The van der Waals surface area contributed by atoms with Gasteiger partial charge < -0.3 is 9.88 Å². The number of aromatic nitrogens is 3. The van der Waals surface area contributed by atoms with Crippen LogP contribution in [0.25, 0.3) is 11.1 Å². The minimum absolute atomic E-state index is 0.176. The summed E-state index contributed by atoms with van der Waals surface area (Å²) in [5.74, 6) is -0.270. The molecule has 0 spiro atoms. The largest absolute Gasteiger partial charge is 0.327 e. The third-order valence-corrected chi connectivity index (χ3v) is 7.72. The minimum Gasteiger partial charge on any atom is -0.327 e. The van der Waals surface area contributed by atoms with Gasteiger partial charge in [0.2, 0.25) is 0 Å². The van der Waals surface area contributed by atoms with Gasteiger partial charge in [0, 0.05) is 56.1 Å². The highest BCUT2D eigenvalue weighted by molar-refractivity contribution is 6.44. The second-order valence-corrected chi connectivity index (χ2v) is 9.99. The fourth-order valence-corrected chi connectivity index (χ4v) is 5.20. The molecule has 0 aliphatic carbocycles. The van der Waals surface area contributed by atoms with Gasteiger partial charge in [-0.1, -0.05) is 59.1 Å². The number of amides is 1. The molecule has 2 aromatic heterocycles. The van der Waals surface area contributed by atoms with Crippen molar-refractivity contribution in [3.8, 4) is 11.1 Å². The molecule has 37 heavy (non-hydrogen) atoms. The maximum absolute atomic E-state index is 13.2. The highest BCUT2D eigenvalue weighted by atomic mass is 35.5. The number of imidazole rings is 1. The molecule has 1 N–H and O–H groups in total. The van der Waals surface area contributed by atoms with Crippen molar-refractivity contribution in [3.63, 3.8) is 0 Å². The van der Waals surface area contributed by atoms with Gasteiger partial charge in [0.25, 0.3) is 5.91 Å². The van der Waals surface area contributed by atoms with Gasteiger partial charge in [-0.05, 0) is 36.2 Å². The predicted octanol–water partition coefficient (Wildman–Crippen LogP) is 6.43. The quantitative estimate of drug-likeness (QED) is 0.277. The Bertz CT molecular complexity index is 1470. The van der Waals surface area contributed by atoms with Crippen LogP contribution in [0, 0.1) is 5.82 Å². The number of benzene rings is 2. The lowest BCUT2D eigenvalue weighted by molar-refractivity contribution is 0.101. The Labute approximate surface area is 229 Å². The zero-order valence-electron chi connectivity index (χ0n) is 19.9. The molecule has 0 bridgehead atoms. The predicted molar refractivity (Wildman–Crippen MR) is 145 cm³/mol. The van der Waals surface area contributed by atoms with E-state index >= 15 is 0 Å². The highest BCUT2D eigenvalue weighted by Gasteiger charge is 2.26. The average Bonchev–Trinajstić information content (AvgIpc) is 3.22. The SMILES string of the molecule is Cn1c(C(=O)Nc2cccc(-c3ccnc(Cl)c3Cl)c2Cl)nc2c1CCN(CCc1ccc(F)cc1)C2. The van der Waals surface area contributed by atoms with Crippen LogP contribution in [0.1, 0.15) is 27.6 Å². The van der Waals surface area contributed by atoms with Gasteiger partial charge in [-0.3, -0.25) is 9.69 Å². The van der Waals surface area contributed by atoms with E-state index in [4.69, 9.17) is 34.8 Å². The summed E-state index contributed by atoms with van der Waals surface area (Å²) in [6, 6.07) is 13.6. The molecular formula is C27H23Cl3FN5O. The zero-order valence-corrected chi connectivity index (χ0v) is 22.2. The first kappa shape index (κ1) is 25.7. The fourth-order valence-electron chi connectivity index (χ4n) is 4.56.